The monoisotopic (exact) mass is 498 g/mol. The van der Waals surface area contributed by atoms with E-state index in [1.54, 1.807) is 30.5 Å². The number of esters is 1. The zero-order valence-corrected chi connectivity index (χ0v) is 20.4. The number of thiophene rings is 1. The fourth-order valence-corrected chi connectivity index (χ4v) is 6.70. The molecule has 2 heterocycles. The highest BCUT2D eigenvalue weighted by Gasteiger charge is 2.38. The number of benzene rings is 2. The first-order valence-electron chi connectivity index (χ1n) is 11.1. The first kappa shape index (κ1) is 24.1. The smallest absolute Gasteiger partial charge is 0.341 e. The van der Waals surface area contributed by atoms with E-state index in [1.165, 1.54) is 27.8 Å². The Labute approximate surface area is 203 Å². The lowest BCUT2D eigenvalue weighted by atomic mass is 10.0. The van der Waals surface area contributed by atoms with Gasteiger partial charge < -0.3 is 10.1 Å². The summed E-state index contributed by atoms with van der Waals surface area (Å²) < 4.78 is 33.1. The molecule has 1 N–H and O–H groups in total. The van der Waals surface area contributed by atoms with E-state index in [-0.39, 0.29) is 23.6 Å². The molecule has 1 fully saturated rings. The molecule has 1 aromatic heterocycles. The number of anilines is 1. The Balaban J connectivity index is 1.65. The molecule has 0 bridgehead atoms. The minimum atomic E-state index is -3.84. The molecule has 3 aromatic rings. The zero-order chi connectivity index (χ0) is 24.1. The van der Waals surface area contributed by atoms with Crippen molar-refractivity contribution in [2.45, 2.75) is 37.1 Å². The number of sulfonamides is 1. The lowest BCUT2D eigenvalue weighted by Gasteiger charge is -2.33. The van der Waals surface area contributed by atoms with Gasteiger partial charge in [0.1, 0.15) is 16.6 Å². The number of amides is 1. The lowest BCUT2D eigenvalue weighted by Crippen LogP contribution is -2.49. The van der Waals surface area contributed by atoms with Crippen molar-refractivity contribution in [3.63, 3.8) is 0 Å². The SMILES string of the molecule is CCOC(=O)c1c(-c2ccccc2)csc1NC(=O)[C@H]1CCCCN1S(=O)(=O)c1ccccc1. The van der Waals surface area contributed by atoms with Gasteiger partial charge in [0.2, 0.25) is 15.9 Å². The van der Waals surface area contributed by atoms with Gasteiger partial charge >= 0.3 is 5.97 Å². The molecule has 1 aliphatic heterocycles. The summed E-state index contributed by atoms with van der Waals surface area (Å²) in [5.74, 6) is -0.985. The number of ether oxygens (including phenoxy) is 1. The molecule has 1 aliphatic rings. The van der Waals surface area contributed by atoms with E-state index in [0.717, 1.165) is 12.0 Å². The molecule has 0 unspecified atom stereocenters. The van der Waals surface area contributed by atoms with Gasteiger partial charge in [-0.15, -0.1) is 11.3 Å². The molecular weight excluding hydrogens is 472 g/mol. The maximum Gasteiger partial charge on any atom is 0.341 e. The van der Waals surface area contributed by atoms with Gasteiger partial charge in [-0.3, -0.25) is 4.79 Å². The molecule has 2 aromatic carbocycles. The molecule has 1 atom stereocenters. The largest absolute Gasteiger partial charge is 0.462 e. The topological polar surface area (TPSA) is 92.8 Å². The predicted octanol–water partition coefficient (Wildman–Crippen LogP) is 4.77. The molecule has 9 heteroatoms. The predicted molar refractivity (Wildman–Crippen MR) is 132 cm³/mol. The summed E-state index contributed by atoms with van der Waals surface area (Å²) in [5.41, 5.74) is 1.77. The maximum atomic E-state index is 13.4. The standard InChI is InChI=1S/C25H26N2O5S2/c1-2-32-25(29)22-20(18-11-5-3-6-12-18)17-33-24(22)26-23(28)21-15-9-10-16-27(21)34(30,31)19-13-7-4-8-14-19/h3-8,11-14,17,21H,2,9-10,15-16H2,1H3,(H,26,28)/t21-/m1/s1. The molecule has 1 amide bonds. The third-order valence-corrected chi connectivity index (χ3v) is 8.52. The van der Waals surface area contributed by atoms with Gasteiger partial charge in [0, 0.05) is 17.5 Å². The van der Waals surface area contributed by atoms with Crippen molar-refractivity contribution in [2.24, 2.45) is 0 Å². The number of carbonyl (C=O) groups excluding carboxylic acids is 2. The van der Waals surface area contributed by atoms with Crippen LogP contribution in [0.4, 0.5) is 5.00 Å². The zero-order valence-electron chi connectivity index (χ0n) is 18.8. The summed E-state index contributed by atoms with van der Waals surface area (Å²) in [4.78, 5) is 26.3. The molecule has 1 saturated heterocycles. The van der Waals surface area contributed by atoms with E-state index in [0.29, 0.717) is 23.4 Å². The van der Waals surface area contributed by atoms with E-state index in [4.69, 9.17) is 4.74 Å². The minimum absolute atomic E-state index is 0.157. The second kappa shape index (κ2) is 10.5. The summed E-state index contributed by atoms with van der Waals surface area (Å²) in [7, 11) is -3.84. The molecule has 0 aliphatic carbocycles. The minimum Gasteiger partial charge on any atom is -0.462 e. The summed E-state index contributed by atoms with van der Waals surface area (Å²) in [6.45, 7) is 2.18. The summed E-state index contributed by atoms with van der Waals surface area (Å²) in [6, 6.07) is 16.6. The lowest BCUT2D eigenvalue weighted by molar-refractivity contribution is -0.120. The van der Waals surface area contributed by atoms with E-state index < -0.39 is 27.9 Å². The van der Waals surface area contributed by atoms with Crippen molar-refractivity contribution in [3.8, 4) is 11.1 Å². The van der Waals surface area contributed by atoms with Crippen LogP contribution >= 0.6 is 11.3 Å². The molecule has 4 rings (SSSR count). The number of nitrogens with one attached hydrogen (secondary N) is 1. The molecule has 34 heavy (non-hydrogen) atoms. The average Bonchev–Trinajstić information content (AvgIpc) is 3.29. The van der Waals surface area contributed by atoms with Crippen LogP contribution in [0, 0.1) is 0 Å². The first-order chi connectivity index (χ1) is 16.4. The van der Waals surface area contributed by atoms with Crippen molar-refractivity contribution in [3.05, 3.63) is 71.6 Å². The Kier molecular flexibility index (Phi) is 7.45. The van der Waals surface area contributed by atoms with Crippen molar-refractivity contribution in [2.75, 3.05) is 18.5 Å². The van der Waals surface area contributed by atoms with E-state index in [2.05, 4.69) is 5.32 Å². The molecule has 0 spiro atoms. The van der Waals surface area contributed by atoms with Crippen molar-refractivity contribution in [1.82, 2.24) is 4.31 Å². The summed E-state index contributed by atoms with van der Waals surface area (Å²) in [6.07, 6.45) is 1.83. The van der Waals surface area contributed by atoms with Crippen LogP contribution in [0.25, 0.3) is 11.1 Å². The van der Waals surface area contributed by atoms with E-state index in [9.17, 15) is 18.0 Å². The Morgan fingerprint density at radius 3 is 2.41 bits per heavy atom. The molecule has 0 radical (unpaired) electrons. The number of hydrogen-bond acceptors (Lipinski definition) is 6. The third kappa shape index (κ3) is 4.91. The summed E-state index contributed by atoms with van der Waals surface area (Å²) >= 11 is 1.22. The molecule has 0 saturated carbocycles. The van der Waals surface area contributed by atoms with Gasteiger partial charge in [0.25, 0.3) is 0 Å². The second-order valence-corrected chi connectivity index (χ2v) is 10.6. The fraction of sp³-hybridized carbons (Fsp3) is 0.280. The maximum absolute atomic E-state index is 13.4. The van der Waals surface area contributed by atoms with Crippen molar-refractivity contribution in [1.29, 1.82) is 0 Å². The van der Waals surface area contributed by atoms with Crippen LogP contribution in [0.3, 0.4) is 0 Å². The van der Waals surface area contributed by atoms with Crippen LogP contribution in [-0.4, -0.2) is 43.8 Å². The van der Waals surface area contributed by atoms with Crippen molar-refractivity contribution >= 4 is 38.2 Å². The molecule has 178 valence electrons. The number of hydrogen-bond donors (Lipinski definition) is 1. The number of carbonyl (C=O) groups is 2. The van der Waals surface area contributed by atoms with Crippen LogP contribution in [-0.2, 0) is 19.6 Å². The molecule has 7 nitrogen and oxygen atoms in total. The number of rotatable bonds is 7. The highest BCUT2D eigenvalue weighted by molar-refractivity contribution is 7.89. The summed E-state index contributed by atoms with van der Waals surface area (Å²) in [5, 5.41) is 4.99. The highest BCUT2D eigenvalue weighted by Crippen LogP contribution is 2.37. The van der Waals surface area contributed by atoms with Crippen LogP contribution in [0.1, 0.15) is 36.5 Å². The second-order valence-electron chi connectivity index (χ2n) is 7.87. The van der Waals surface area contributed by atoms with Gasteiger partial charge in [0.05, 0.1) is 11.5 Å². The van der Waals surface area contributed by atoms with Gasteiger partial charge in [-0.05, 0) is 37.5 Å². The van der Waals surface area contributed by atoms with Gasteiger partial charge in [0.15, 0.2) is 0 Å². The van der Waals surface area contributed by atoms with E-state index >= 15 is 0 Å². The van der Waals surface area contributed by atoms with Gasteiger partial charge in [-0.25, -0.2) is 13.2 Å². The highest BCUT2D eigenvalue weighted by atomic mass is 32.2. The van der Waals surface area contributed by atoms with Crippen LogP contribution in [0.2, 0.25) is 0 Å². The Bertz CT molecular complexity index is 1260. The average molecular weight is 499 g/mol. The number of nitrogens with zero attached hydrogens (tertiary/aromatic N) is 1. The van der Waals surface area contributed by atoms with Crippen LogP contribution in [0.15, 0.2) is 70.9 Å². The molecular formula is C25H26N2O5S2. The quantitative estimate of drug-likeness (QED) is 0.474. The number of piperidine rings is 1. The third-order valence-electron chi connectivity index (χ3n) is 5.70. The van der Waals surface area contributed by atoms with Crippen molar-refractivity contribution < 1.29 is 22.7 Å². The Morgan fingerprint density at radius 2 is 1.74 bits per heavy atom. The Hall–Kier alpha value is -3.01. The fourth-order valence-electron chi connectivity index (χ4n) is 4.06. The Morgan fingerprint density at radius 1 is 1.06 bits per heavy atom. The van der Waals surface area contributed by atoms with Gasteiger partial charge in [-0.2, -0.15) is 4.31 Å². The van der Waals surface area contributed by atoms with Crippen LogP contribution < -0.4 is 5.32 Å². The van der Waals surface area contributed by atoms with Crippen LogP contribution in [0.5, 0.6) is 0 Å². The first-order valence-corrected chi connectivity index (χ1v) is 13.5. The normalized spacial score (nSPS) is 16.7. The van der Waals surface area contributed by atoms with E-state index in [1.807, 2.05) is 30.3 Å². The van der Waals surface area contributed by atoms with Gasteiger partial charge in [-0.1, -0.05) is 55.0 Å².